The quantitative estimate of drug-likeness (QED) is 0.330. The van der Waals surface area contributed by atoms with Crippen LogP contribution in [-0.2, 0) is 16.0 Å². The first kappa shape index (κ1) is 23.5. The number of aromatic nitrogens is 3. The second-order valence-corrected chi connectivity index (χ2v) is 9.14. The summed E-state index contributed by atoms with van der Waals surface area (Å²) in [7, 11) is 0. The molecule has 3 heterocycles. The fourth-order valence-electron chi connectivity index (χ4n) is 4.37. The van der Waals surface area contributed by atoms with Crippen LogP contribution in [0.3, 0.4) is 0 Å². The number of nitrogens with one attached hydrogen (secondary N) is 1. The molecule has 1 N–H and O–H groups in total. The Morgan fingerprint density at radius 2 is 1.44 bits per heavy atom. The first-order chi connectivity index (χ1) is 17.3. The highest BCUT2D eigenvalue weighted by molar-refractivity contribution is 6.53. The molecule has 180 valence electrons. The van der Waals surface area contributed by atoms with Gasteiger partial charge in [0, 0.05) is 22.8 Å². The maximum atomic E-state index is 13.9. The van der Waals surface area contributed by atoms with Crippen molar-refractivity contribution in [3.8, 4) is 5.69 Å². The van der Waals surface area contributed by atoms with Gasteiger partial charge in [-0.1, -0.05) is 36.2 Å². The fraction of sp³-hybridized carbons (Fsp3) is 0.143. The summed E-state index contributed by atoms with van der Waals surface area (Å²) in [5.74, 6) is -1.04. The number of aromatic amines is 1. The van der Waals surface area contributed by atoms with E-state index in [1.165, 1.54) is 4.68 Å². The van der Waals surface area contributed by atoms with Crippen molar-refractivity contribution < 1.29 is 14.2 Å². The zero-order valence-electron chi connectivity index (χ0n) is 20.1. The molecule has 36 heavy (non-hydrogen) atoms. The third kappa shape index (κ3) is 3.87. The predicted molar refractivity (Wildman–Crippen MR) is 139 cm³/mol. The monoisotopic (exact) mass is 499 g/mol. The minimum absolute atomic E-state index is 0.0567. The van der Waals surface area contributed by atoms with Crippen molar-refractivity contribution in [2.75, 3.05) is 4.90 Å². The molecule has 0 saturated carbocycles. The van der Waals surface area contributed by atoms with Crippen LogP contribution < -0.4 is 15.0 Å². The number of hydrogen-bond donors (Lipinski definition) is 1. The standard InChI is InChI=1S/C28H23ClN4O3/c1-4-19-13-15-31(16-14-19)25-24(26(34)32(28(25)36)21-9-5-17(2)6-10-21)23-18(3)30-33(27(23)35)22-11-7-20(29)8-12-22/h5-16H,4H2,1-3H3/p+1. The van der Waals surface area contributed by atoms with Gasteiger partial charge in [-0.2, -0.15) is 4.57 Å². The van der Waals surface area contributed by atoms with Gasteiger partial charge in [0.1, 0.15) is 5.57 Å². The van der Waals surface area contributed by atoms with Crippen LogP contribution in [0.15, 0.2) is 77.9 Å². The molecule has 1 aliphatic rings. The van der Waals surface area contributed by atoms with Crippen molar-refractivity contribution in [1.82, 2.24) is 9.78 Å². The number of aryl methyl sites for hydroxylation is 3. The summed E-state index contributed by atoms with van der Waals surface area (Å²) in [6, 6.07) is 17.7. The molecule has 0 atom stereocenters. The molecule has 0 fully saturated rings. The Morgan fingerprint density at radius 3 is 2.06 bits per heavy atom. The molecule has 7 nitrogen and oxygen atoms in total. The fourth-order valence-corrected chi connectivity index (χ4v) is 4.49. The highest BCUT2D eigenvalue weighted by Crippen LogP contribution is 2.33. The smallest absolute Gasteiger partial charge is 0.295 e. The van der Waals surface area contributed by atoms with Gasteiger partial charge in [-0.25, -0.2) is 9.58 Å². The third-order valence-corrected chi connectivity index (χ3v) is 6.57. The number of pyridine rings is 1. The lowest BCUT2D eigenvalue weighted by Gasteiger charge is -2.14. The summed E-state index contributed by atoms with van der Waals surface area (Å²) in [4.78, 5) is 42.4. The maximum absolute atomic E-state index is 13.9. The van der Waals surface area contributed by atoms with E-state index >= 15 is 0 Å². The number of hydrogen-bond acceptors (Lipinski definition) is 3. The molecular weight excluding hydrogens is 476 g/mol. The van der Waals surface area contributed by atoms with E-state index in [-0.39, 0.29) is 16.8 Å². The van der Waals surface area contributed by atoms with Crippen LogP contribution in [0.25, 0.3) is 17.0 Å². The Hall–Kier alpha value is -4.23. The molecule has 0 radical (unpaired) electrons. The van der Waals surface area contributed by atoms with Gasteiger partial charge >= 0.3 is 5.91 Å². The SMILES string of the molecule is CCc1cc[n+](C2=C(c3c(C)[nH]n(-c4ccc(Cl)cc4)c3=O)C(=O)N(c3ccc(C)cc3)C2=O)cc1. The molecule has 1 aliphatic heterocycles. The van der Waals surface area contributed by atoms with Crippen molar-refractivity contribution in [2.24, 2.45) is 0 Å². The molecule has 0 unspecified atom stereocenters. The average molecular weight is 500 g/mol. The highest BCUT2D eigenvalue weighted by atomic mass is 35.5. The van der Waals surface area contributed by atoms with Gasteiger partial charge in [-0.3, -0.25) is 19.5 Å². The van der Waals surface area contributed by atoms with Crippen LogP contribution in [0.5, 0.6) is 0 Å². The van der Waals surface area contributed by atoms with E-state index in [9.17, 15) is 14.4 Å². The topological polar surface area (TPSA) is 79.1 Å². The van der Waals surface area contributed by atoms with Crippen molar-refractivity contribution in [3.63, 3.8) is 0 Å². The molecule has 0 aliphatic carbocycles. The van der Waals surface area contributed by atoms with Crippen molar-refractivity contribution in [3.05, 3.63) is 111 Å². The lowest BCUT2D eigenvalue weighted by molar-refractivity contribution is -0.576. The van der Waals surface area contributed by atoms with Gasteiger partial charge in [0.15, 0.2) is 12.4 Å². The van der Waals surface area contributed by atoms with Crippen LogP contribution in [0.4, 0.5) is 5.69 Å². The average Bonchev–Trinajstić information content (AvgIpc) is 3.31. The van der Waals surface area contributed by atoms with E-state index < -0.39 is 17.4 Å². The van der Waals surface area contributed by atoms with Crippen LogP contribution >= 0.6 is 11.6 Å². The van der Waals surface area contributed by atoms with Gasteiger partial charge in [-0.05, 0) is 62.2 Å². The summed E-state index contributed by atoms with van der Waals surface area (Å²) < 4.78 is 2.96. The minimum Gasteiger partial charge on any atom is -0.295 e. The summed E-state index contributed by atoms with van der Waals surface area (Å²) >= 11 is 6.01. The van der Waals surface area contributed by atoms with Gasteiger partial charge in [0.25, 0.3) is 17.2 Å². The molecule has 5 rings (SSSR count). The molecule has 0 saturated heterocycles. The number of halogens is 1. The number of amides is 2. The second-order valence-electron chi connectivity index (χ2n) is 8.70. The molecule has 0 bridgehead atoms. The van der Waals surface area contributed by atoms with Gasteiger partial charge in [0.2, 0.25) is 0 Å². The van der Waals surface area contributed by atoms with E-state index in [1.54, 1.807) is 60.3 Å². The predicted octanol–water partition coefficient (Wildman–Crippen LogP) is 4.23. The Balaban J connectivity index is 1.73. The van der Waals surface area contributed by atoms with E-state index in [0.717, 1.165) is 22.4 Å². The van der Waals surface area contributed by atoms with Crippen molar-refractivity contribution in [2.45, 2.75) is 27.2 Å². The van der Waals surface area contributed by atoms with E-state index in [4.69, 9.17) is 11.6 Å². The molecule has 2 aromatic heterocycles. The van der Waals surface area contributed by atoms with Crippen molar-refractivity contribution in [1.29, 1.82) is 0 Å². The summed E-state index contributed by atoms with van der Waals surface area (Å²) in [5.41, 5.74) is 3.48. The number of benzene rings is 2. The van der Waals surface area contributed by atoms with Crippen LogP contribution in [0.2, 0.25) is 5.02 Å². The zero-order chi connectivity index (χ0) is 25.6. The molecular formula is C28H24ClN4O3+. The van der Waals surface area contributed by atoms with Crippen LogP contribution in [0.1, 0.15) is 29.3 Å². The Kier molecular flexibility index (Phi) is 5.94. The van der Waals surface area contributed by atoms with Gasteiger partial charge < -0.3 is 0 Å². The lowest BCUT2D eigenvalue weighted by atomic mass is 10.1. The number of H-pyrrole nitrogens is 1. The number of carbonyl (C=O) groups is 2. The van der Waals surface area contributed by atoms with E-state index in [1.807, 2.05) is 38.1 Å². The number of carbonyl (C=O) groups excluding carboxylic acids is 2. The second kappa shape index (κ2) is 9.09. The first-order valence-electron chi connectivity index (χ1n) is 11.6. The van der Waals surface area contributed by atoms with Crippen molar-refractivity contribution >= 4 is 40.4 Å². The molecule has 2 aromatic carbocycles. The van der Waals surface area contributed by atoms with Crippen LogP contribution in [0, 0.1) is 13.8 Å². The Morgan fingerprint density at radius 1 is 0.833 bits per heavy atom. The highest BCUT2D eigenvalue weighted by Gasteiger charge is 2.47. The normalized spacial score (nSPS) is 13.7. The summed E-state index contributed by atoms with van der Waals surface area (Å²) in [6.45, 7) is 5.68. The van der Waals surface area contributed by atoms with E-state index in [0.29, 0.717) is 22.1 Å². The maximum Gasteiger partial charge on any atom is 0.331 e. The molecule has 0 spiro atoms. The molecule has 2 amide bonds. The third-order valence-electron chi connectivity index (χ3n) is 6.32. The molecule has 4 aromatic rings. The summed E-state index contributed by atoms with van der Waals surface area (Å²) in [6.07, 6.45) is 4.33. The summed E-state index contributed by atoms with van der Waals surface area (Å²) in [5, 5.41) is 3.59. The minimum atomic E-state index is -0.548. The van der Waals surface area contributed by atoms with Gasteiger partial charge in [-0.15, -0.1) is 0 Å². The lowest BCUT2D eigenvalue weighted by Crippen LogP contribution is -2.39. The Bertz CT molecular complexity index is 1580. The molecule has 8 heteroatoms. The van der Waals surface area contributed by atoms with E-state index in [2.05, 4.69) is 5.10 Å². The first-order valence-corrected chi connectivity index (χ1v) is 12.0. The Labute approximate surface area is 212 Å². The number of nitrogens with zero attached hydrogens (tertiary/aromatic N) is 3. The largest absolute Gasteiger partial charge is 0.331 e. The van der Waals surface area contributed by atoms with Crippen LogP contribution in [-0.4, -0.2) is 21.6 Å². The zero-order valence-corrected chi connectivity index (χ0v) is 20.8. The number of rotatable bonds is 5. The number of imide groups is 1. The van der Waals surface area contributed by atoms with Gasteiger partial charge in [0.05, 0.1) is 16.9 Å². The number of anilines is 1.